The Labute approximate surface area is 136 Å². The molecule has 4 heteroatoms. The van der Waals surface area contributed by atoms with E-state index in [0.29, 0.717) is 23.4 Å². The molecule has 0 spiro atoms. The maximum Gasteiger partial charge on any atom is 0.150 e. The highest BCUT2D eigenvalue weighted by Crippen LogP contribution is 2.64. The van der Waals surface area contributed by atoms with Crippen molar-refractivity contribution in [1.82, 2.24) is 4.90 Å². The van der Waals surface area contributed by atoms with Crippen LogP contribution in [0.25, 0.3) is 0 Å². The van der Waals surface area contributed by atoms with Gasteiger partial charge in [-0.3, -0.25) is 9.69 Å². The van der Waals surface area contributed by atoms with Crippen molar-refractivity contribution < 1.29 is 15.0 Å². The average molecular weight is 313 g/mol. The first kappa shape index (κ1) is 15.1. The fourth-order valence-corrected chi connectivity index (χ4v) is 4.96. The predicted molar refractivity (Wildman–Crippen MR) is 87.0 cm³/mol. The lowest BCUT2D eigenvalue weighted by atomic mass is 9.72. The SMILES string of the molecule is C[C@H](c1ccc(C=O)cc1)[C@@H]1[C@H]2C=C[C@H]3N1[C@]3(O)[C@H]2CCCO. The summed E-state index contributed by atoms with van der Waals surface area (Å²) in [6.07, 6.45) is 6.88. The number of rotatable bonds is 6. The third-order valence-corrected chi connectivity index (χ3v) is 6.11. The summed E-state index contributed by atoms with van der Waals surface area (Å²) in [6, 6.07) is 8.20. The quantitative estimate of drug-likeness (QED) is 0.479. The minimum atomic E-state index is -0.698. The van der Waals surface area contributed by atoms with Gasteiger partial charge in [-0.2, -0.15) is 0 Å². The van der Waals surface area contributed by atoms with Crippen LogP contribution >= 0.6 is 0 Å². The molecule has 23 heavy (non-hydrogen) atoms. The largest absolute Gasteiger partial charge is 0.396 e. The molecule has 1 aliphatic carbocycles. The van der Waals surface area contributed by atoms with Crippen LogP contribution in [-0.4, -0.2) is 45.8 Å². The number of aliphatic hydroxyl groups is 2. The zero-order chi connectivity index (χ0) is 16.2. The minimum Gasteiger partial charge on any atom is -0.396 e. The van der Waals surface area contributed by atoms with Gasteiger partial charge in [0.15, 0.2) is 0 Å². The molecule has 5 rings (SSSR count). The zero-order valence-corrected chi connectivity index (χ0v) is 13.3. The van der Waals surface area contributed by atoms with E-state index in [-0.39, 0.29) is 18.6 Å². The van der Waals surface area contributed by atoms with Crippen molar-refractivity contribution in [3.05, 3.63) is 47.5 Å². The first-order valence-electron chi connectivity index (χ1n) is 8.48. The van der Waals surface area contributed by atoms with E-state index in [1.165, 1.54) is 5.56 Å². The molecule has 3 aliphatic heterocycles. The third-order valence-electron chi connectivity index (χ3n) is 6.11. The van der Waals surface area contributed by atoms with Crippen molar-refractivity contribution in [3.63, 3.8) is 0 Å². The number of benzene rings is 1. The van der Waals surface area contributed by atoms with E-state index >= 15 is 0 Å². The number of nitrogens with zero attached hydrogens (tertiary/aromatic N) is 1. The number of hydrogen-bond acceptors (Lipinski definition) is 4. The van der Waals surface area contributed by atoms with E-state index in [1.54, 1.807) is 0 Å². The molecule has 4 aliphatic rings. The van der Waals surface area contributed by atoms with Crippen LogP contribution in [0.2, 0.25) is 0 Å². The van der Waals surface area contributed by atoms with Gasteiger partial charge in [-0.15, -0.1) is 0 Å². The summed E-state index contributed by atoms with van der Waals surface area (Å²) in [4.78, 5) is 13.1. The van der Waals surface area contributed by atoms with Crippen LogP contribution < -0.4 is 0 Å². The van der Waals surface area contributed by atoms with Crippen LogP contribution in [-0.2, 0) is 0 Å². The van der Waals surface area contributed by atoms with Crippen molar-refractivity contribution >= 4 is 6.29 Å². The van der Waals surface area contributed by atoms with Gasteiger partial charge < -0.3 is 10.2 Å². The van der Waals surface area contributed by atoms with Gasteiger partial charge in [-0.05, 0) is 24.3 Å². The van der Waals surface area contributed by atoms with Crippen molar-refractivity contribution in [3.8, 4) is 0 Å². The lowest BCUT2D eigenvalue weighted by Gasteiger charge is -2.34. The summed E-state index contributed by atoms with van der Waals surface area (Å²) in [5, 5.41) is 20.2. The van der Waals surface area contributed by atoms with Gasteiger partial charge >= 0.3 is 0 Å². The molecule has 4 bridgehead atoms. The highest BCUT2D eigenvalue weighted by atomic mass is 16.3. The van der Waals surface area contributed by atoms with Gasteiger partial charge in [0.05, 0.1) is 6.04 Å². The average Bonchev–Trinajstić information content (AvgIpc) is 3.15. The molecule has 2 fully saturated rings. The molecule has 1 aromatic carbocycles. The molecular weight excluding hydrogens is 290 g/mol. The predicted octanol–water partition coefficient (Wildman–Crippen LogP) is 1.93. The Kier molecular flexibility index (Phi) is 3.45. The minimum absolute atomic E-state index is 0.137. The van der Waals surface area contributed by atoms with Crippen molar-refractivity contribution in [2.24, 2.45) is 11.8 Å². The molecule has 7 atom stereocenters. The molecule has 3 heterocycles. The molecule has 0 aromatic heterocycles. The Morgan fingerprint density at radius 2 is 2.04 bits per heavy atom. The van der Waals surface area contributed by atoms with Crippen LogP contribution in [0, 0.1) is 11.8 Å². The van der Waals surface area contributed by atoms with Gasteiger partial charge in [0.25, 0.3) is 0 Å². The zero-order valence-electron chi connectivity index (χ0n) is 13.3. The van der Waals surface area contributed by atoms with E-state index in [0.717, 1.165) is 19.1 Å². The maximum absolute atomic E-state index is 11.0. The summed E-state index contributed by atoms with van der Waals surface area (Å²) in [5.41, 5.74) is 1.20. The fraction of sp³-hybridized carbons (Fsp3) is 0.526. The Morgan fingerprint density at radius 1 is 1.30 bits per heavy atom. The number of aliphatic hydroxyl groups excluding tert-OH is 1. The molecule has 2 N–H and O–H groups in total. The number of aldehydes is 1. The standard InChI is InChI=1S/C19H23NO3/c1-12(14-6-4-13(11-22)5-7-14)18-15-8-9-17-19(23,20(17)18)16(15)3-2-10-21/h4-9,11-12,15-18,21,23H,2-3,10H2,1H3/t12-,15+,16+,17-,18-,19+,20?/m1/s1. The van der Waals surface area contributed by atoms with Crippen LogP contribution in [0.4, 0.5) is 0 Å². The van der Waals surface area contributed by atoms with E-state index < -0.39 is 5.72 Å². The van der Waals surface area contributed by atoms with Gasteiger partial charge in [-0.25, -0.2) is 0 Å². The van der Waals surface area contributed by atoms with Gasteiger partial charge in [-0.1, -0.05) is 43.3 Å². The Hall–Kier alpha value is -1.49. The molecule has 2 saturated heterocycles. The van der Waals surface area contributed by atoms with E-state index in [9.17, 15) is 9.90 Å². The van der Waals surface area contributed by atoms with Crippen LogP contribution in [0.1, 0.15) is 41.6 Å². The summed E-state index contributed by atoms with van der Waals surface area (Å²) < 4.78 is 0. The van der Waals surface area contributed by atoms with E-state index in [2.05, 4.69) is 24.0 Å². The lowest BCUT2D eigenvalue weighted by molar-refractivity contribution is 0.0453. The van der Waals surface area contributed by atoms with Gasteiger partial charge in [0.2, 0.25) is 0 Å². The summed E-state index contributed by atoms with van der Waals surface area (Å²) in [5.74, 6) is 0.838. The fourth-order valence-electron chi connectivity index (χ4n) is 4.96. The van der Waals surface area contributed by atoms with Crippen molar-refractivity contribution in [2.45, 2.75) is 43.5 Å². The Morgan fingerprint density at radius 3 is 2.70 bits per heavy atom. The second kappa shape index (κ2) is 5.26. The van der Waals surface area contributed by atoms with E-state index in [1.807, 2.05) is 24.3 Å². The van der Waals surface area contributed by atoms with E-state index in [4.69, 9.17) is 5.11 Å². The summed E-state index contributed by atoms with van der Waals surface area (Å²) in [7, 11) is 0. The smallest absolute Gasteiger partial charge is 0.150 e. The first-order valence-corrected chi connectivity index (χ1v) is 8.48. The molecule has 0 saturated carbocycles. The molecular formula is C19H23NO3. The molecule has 0 radical (unpaired) electrons. The molecule has 122 valence electrons. The van der Waals surface area contributed by atoms with Crippen LogP contribution in [0.5, 0.6) is 0 Å². The first-order chi connectivity index (χ1) is 11.1. The van der Waals surface area contributed by atoms with Crippen LogP contribution in [0.15, 0.2) is 36.4 Å². The molecule has 4 nitrogen and oxygen atoms in total. The highest BCUT2D eigenvalue weighted by Gasteiger charge is 2.76. The molecule has 0 amide bonds. The Balaban J connectivity index is 1.60. The number of carbonyl (C=O) groups is 1. The number of hydrogen-bond donors (Lipinski definition) is 2. The van der Waals surface area contributed by atoms with Crippen LogP contribution in [0.3, 0.4) is 0 Å². The normalized spacial score (nSPS) is 40.9. The Bertz CT molecular complexity index is 641. The van der Waals surface area contributed by atoms with Crippen molar-refractivity contribution in [2.75, 3.05) is 6.61 Å². The maximum atomic E-state index is 11.0. The topological polar surface area (TPSA) is 60.5 Å². The molecule has 1 unspecified atom stereocenters. The second-order valence-electron chi connectivity index (χ2n) is 7.13. The van der Waals surface area contributed by atoms with Crippen molar-refractivity contribution in [1.29, 1.82) is 0 Å². The lowest BCUT2D eigenvalue weighted by Crippen LogP contribution is -2.38. The summed E-state index contributed by atoms with van der Waals surface area (Å²) in [6.45, 7) is 2.39. The molecule has 1 aromatic rings. The summed E-state index contributed by atoms with van der Waals surface area (Å²) >= 11 is 0. The number of carbonyl (C=O) groups excluding carboxylic acids is 1. The van der Waals surface area contributed by atoms with Gasteiger partial charge in [0.1, 0.15) is 12.0 Å². The monoisotopic (exact) mass is 313 g/mol. The highest BCUT2D eigenvalue weighted by molar-refractivity contribution is 5.74. The second-order valence-corrected chi connectivity index (χ2v) is 7.13. The van der Waals surface area contributed by atoms with Gasteiger partial charge in [0, 0.05) is 30.0 Å². The number of piperidine rings is 1. The third kappa shape index (κ3) is 1.98.